The molecule has 0 aromatic heterocycles. The zero-order valence-corrected chi connectivity index (χ0v) is 9.39. The van der Waals surface area contributed by atoms with Crippen molar-refractivity contribution in [2.75, 3.05) is 24.6 Å². The van der Waals surface area contributed by atoms with E-state index in [9.17, 15) is 9.00 Å². The van der Waals surface area contributed by atoms with Crippen molar-refractivity contribution in [3.8, 4) is 0 Å². The molecule has 1 saturated heterocycles. The molecule has 0 radical (unpaired) electrons. The maximum atomic E-state index is 11.5. The molecule has 0 aromatic rings. The quantitative estimate of drug-likeness (QED) is 0.705. The van der Waals surface area contributed by atoms with Crippen LogP contribution in [0.5, 0.6) is 0 Å². The van der Waals surface area contributed by atoms with Crippen LogP contribution >= 0.6 is 0 Å². The van der Waals surface area contributed by atoms with Crippen LogP contribution < -0.4 is 5.73 Å². The van der Waals surface area contributed by atoms with E-state index in [1.165, 1.54) is 0 Å². The van der Waals surface area contributed by atoms with Gasteiger partial charge in [0.2, 0.25) is 5.91 Å². The highest BCUT2D eigenvalue weighted by molar-refractivity contribution is 7.85. The fourth-order valence-electron chi connectivity index (χ4n) is 1.55. The number of nitrogens with two attached hydrogens (primary N) is 1. The van der Waals surface area contributed by atoms with Crippen LogP contribution in [0.3, 0.4) is 0 Å². The average Bonchev–Trinajstić information content (AvgIpc) is 2.53. The molecule has 2 atom stereocenters. The van der Waals surface area contributed by atoms with E-state index in [2.05, 4.69) is 0 Å². The van der Waals surface area contributed by atoms with Gasteiger partial charge in [-0.2, -0.15) is 0 Å². The van der Waals surface area contributed by atoms with Crippen molar-refractivity contribution in [1.29, 1.82) is 0 Å². The number of hydrogen-bond acceptors (Lipinski definition) is 3. The van der Waals surface area contributed by atoms with Gasteiger partial charge in [-0.15, -0.1) is 0 Å². The molecule has 1 rings (SSSR count). The maximum absolute atomic E-state index is 11.5. The average molecular weight is 218 g/mol. The third-order valence-corrected chi connectivity index (χ3v) is 3.66. The van der Waals surface area contributed by atoms with Crippen LogP contribution in [0, 0.1) is 0 Å². The summed E-state index contributed by atoms with van der Waals surface area (Å²) in [5, 5.41) is 0. The van der Waals surface area contributed by atoms with Gasteiger partial charge in [-0.1, -0.05) is 0 Å². The first-order chi connectivity index (χ1) is 6.59. The number of rotatable bonds is 4. The molecule has 0 bridgehead atoms. The third kappa shape index (κ3) is 3.75. The van der Waals surface area contributed by atoms with Crippen LogP contribution in [0.4, 0.5) is 0 Å². The second kappa shape index (κ2) is 5.46. The first-order valence-corrected chi connectivity index (χ1v) is 6.46. The molecule has 2 N–H and O–H groups in total. The molecule has 0 aromatic carbocycles. The molecule has 2 unspecified atom stereocenters. The molecular formula is C9H18N2O2S. The lowest BCUT2D eigenvalue weighted by molar-refractivity contribution is -0.127. The van der Waals surface area contributed by atoms with Gasteiger partial charge in [-0.3, -0.25) is 9.00 Å². The van der Waals surface area contributed by atoms with Crippen molar-refractivity contribution >= 4 is 16.7 Å². The van der Waals surface area contributed by atoms with Crippen LogP contribution in [0.25, 0.3) is 0 Å². The van der Waals surface area contributed by atoms with Crippen molar-refractivity contribution in [2.45, 2.75) is 25.8 Å². The monoisotopic (exact) mass is 218 g/mol. The molecule has 1 fully saturated rings. The van der Waals surface area contributed by atoms with Crippen molar-refractivity contribution in [3.63, 3.8) is 0 Å². The maximum Gasteiger partial charge on any atom is 0.235 e. The number of hydrogen-bond donors (Lipinski definition) is 1. The first-order valence-electron chi connectivity index (χ1n) is 4.98. The second-order valence-electron chi connectivity index (χ2n) is 3.82. The standard InChI is InChI=1S/C9H18N2O2S/c1-8(10)6-14(13)7-9(12)11-4-2-3-5-11/h8H,2-7,10H2,1H3. The second-order valence-corrected chi connectivity index (χ2v) is 5.32. The van der Waals surface area contributed by atoms with E-state index in [4.69, 9.17) is 5.73 Å². The normalized spacial score (nSPS) is 20.9. The molecule has 1 heterocycles. The minimum absolute atomic E-state index is 0.0153. The third-order valence-electron chi connectivity index (χ3n) is 2.19. The van der Waals surface area contributed by atoms with Gasteiger partial charge >= 0.3 is 0 Å². The Kier molecular flexibility index (Phi) is 4.54. The van der Waals surface area contributed by atoms with Crippen LogP contribution in [0.15, 0.2) is 0 Å². The molecule has 14 heavy (non-hydrogen) atoms. The van der Waals surface area contributed by atoms with E-state index in [-0.39, 0.29) is 17.7 Å². The fourth-order valence-corrected chi connectivity index (χ4v) is 2.71. The van der Waals surface area contributed by atoms with Gasteiger partial charge in [0, 0.05) is 35.7 Å². The highest BCUT2D eigenvalue weighted by Gasteiger charge is 2.19. The fraction of sp³-hybridized carbons (Fsp3) is 0.889. The Morgan fingerprint density at radius 2 is 2.07 bits per heavy atom. The van der Waals surface area contributed by atoms with E-state index in [0.717, 1.165) is 25.9 Å². The van der Waals surface area contributed by atoms with Crippen LogP contribution in [0.2, 0.25) is 0 Å². The van der Waals surface area contributed by atoms with E-state index in [1.807, 2.05) is 0 Å². The zero-order valence-electron chi connectivity index (χ0n) is 8.57. The van der Waals surface area contributed by atoms with Gasteiger partial charge < -0.3 is 10.6 Å². The Morgan fingerprint density at radius 3 is 2.57 bits per heavy atom. The summed E-state index contributed by atoms with van der Waals surface area (Å²) >= 11 is 0. The number of amides is 1. The molecule has 5 heteroatoms. The topological polar surface area (TPSA) is 63.4 Å². The molecule has 82 valence electrons. The molecule has 0 spiro atoms. The summed E-state index contributed by atoms with van der Waals surface area (Å²) in [6, 6.07) is -0.0952. The van der Waals surface area contributed by atoms with Crippen molar-refractivity contribution < 1.29 is 9.00 Å². The summed E-state index contributed by atoms with van der Waals surface area (Å²) < 4.78 is 11.4. The SMILES string of the molecule is CC(N)CS(=O)CC(=O)N1CCCC1. The summed E-state index contributed by atoms with van der Waals surface area (Å²) in [6.45, 7) is 3.46. The highest BCUT2D eigenvalue weighted by atomic mass is 32.2. The Labute approximate surface area is 87.3 Å². The van der Waals surface area contributed by atoms with Crippen molar-refractivity contribution in [2.24, 2.45) is 5.73 Å². The summed E-state index contributed by atoms with van der Waals surface area (Å²) in [5.41, 5.74) is 5.50. The van der Waals surface area contributed by atoms with Crippen molar-refractivity contribution in [3.05, 3.63) is 0 Å². The lowest BCUT2D eigenvalue weighted by Crippen LogP contribution is -2.34. The van der Waals surface area contributed by atoms with E-state index < -0.39 is 10.8 Å². The van der Waals surface area contributed by atoms with Gasteiger partial charge in [0.25, 0.3) is 0 Å². The first kappa shape index (κ1) is 11.7. The summed E-state index contributed by atoms with van der Waals surface area (Å²) in [4.78, 5) is 13.3. The van der Waals surface area contributed by atoms with Gasteiger partial charge in [-0.25, -0.2) is 0 Å². The van der Waals surface area contributed by atoms with Crippen LogP contribution in [-0.4, -0.2) is 45.7 Å². The van der Waals surface area contributed by atoms with E-state index in [1.54, 1.807) is 11.8 Å². The van der Waals surface area contributed by atoms with Gasteiger partial charge in [0.05, 0.1) is 0 Å². The lowest BCUT2D eigenvalue weighted by atomic mass is 10.4. The molecule has 1 aliphatic heterocycles. The Hall–Kier alpha value is -0.420. The summed E-state index contributed by atoms with van der Waals surface area (Å²) in [6.07, 6.45) is 2.15. The number of likely N-dealkylation sites (tertiary alicyclic amines) is 1. The number of carbonyl (C=O) groups is 1. The van der Waals surface area contributed by atoms with Gasteiger partial charge in [0.1, 0.15) is 5.75 Å². The van der Waals surface area contributed by atoms with E-state index >= 15 is 0 Å². The number of carbonyl (C=O) groups excluding carboxylic acids is 1. The van der Waals surface area contributed by atoms with Crippen molar-refractivity contribution in [1.82, 2.24) is 4.90 Å². The van der Waals surface area contributed by atoms with Crippen LogP contribution in [-0.2, 0) is 15.6 Å². The predicted octanol–water partition coefficient (Wildman–Crippen LogP) is -0.295. The van der Waals surface area contributed by atoms with Gasteiger partial charge in [0.15, 0.2) is 0 Å². The Morgan fingerprint density at radius 1 is 1.50 bits per heavy atom. The molecule has 0 aliphatic carbocycles. The highest BCUT2D eigenvalue weighted by Crippen LogP contribution is 2.07. The van der Waals surface area contributed by atoms with E-state index in [0.29, 0.717) is 5.75 Å². The van der Waals surface area contributed by atoms with Gasteiger partial charge in [-0.05, 0) is 19.8 Å². The predicted molar refractivity (Wildman–Crippen MR) is 57.3 cm³/mol. The summed E-state index contributed by atoms with van der Waals surface area (Å²) in [7, 11) is -1.09. The Balaban J connectivity index is 2.28. The minimum Gasteiger partial charge on any atom is -0.342 e. The Bertz CT molecular complexity index is 225. The van der Waals surface area contributed by atoms with Crippen LogP contribution in [0.1, 0.15) is 19.8 Å². The molecule has 0 saturated carbocycles. The smallest absolute Gasteiger partial charge is 0.235 e. The molecule has 1 amide bonds. The lowest BCUT2D eigenvalue weighted by Gasteiger charge is -2.15. The minimum atomic E-state index is -1.09. The number of nitrogens with zero attached hydrogens (tertiary/aromatic N) is 1. The molecular weight excluding hydrogens is 200 g/mol. The largest absolute Gasteiger partial charge is 0.342 e. The zero-order chi connectivity index (χ0) is 10.6. The summed E-state index contributed by atoms with van der Waals surface area (Å²) in [5.74, 6) is 0.572. The molecule has 4 nitrogen and oxygen atoms in total. The molecule has 1 aliphatic rings.